The molecule has 6 heteroatoms. The summed E-state index contributed by atoms with van der Waals surface area (Å²) in [6, 6.07) is 12.6. The standard InChI is InChI=1S/C22H25N5S/c1-5-26-21(20(25-22(26)28)18-8-6-7-11-23-18)17-12-15(3)27(16(17)4)19-10-9-14(2)13-24-19/h6-13,20-21H,5H2,1-4H3,(H,25,28). The highest BCUT2D eigenvalue weighted by Crippen LogP contribution is 2.40. The number of hydrogen-bond donors (Lipinski definition) is 1. The first-order valence-electron chi connectivity index (χ1n) is 9.61. The zero-order valence-corrected chi connectivity index (χ0v) is 17.5. The van der Waals surface area contributed by atoms with Gasteiger partial charge in [-0.1, -0.05) is 12.1 Å². The van der Waals surface area contributed by atoms with Crippen molar-refractivity contribution in [1.29, 1.82) is 0 Å². The molecule has 0 aromatic carbocycles. The van der Waals surface area contributed by atoms with Crippen molar-refractivity contribution in [1.82, 2.24) is 24.8 Å². The summed E-state index contributed by atoms with van der Waals surface area (Å²) in [7, 11) is 0. The van der Waals surface area contributed by atoms with Crippen LogP contribution < -0.4 is 5.32 Å². The Labute approximate surface area is 171 Å². The molecule has 1 fully saturated rings. The molecule has 0 radical (unpaired) electrons. The van der Waals surface area contributed by atoms with Crippen molar-refractivity contribution in [2.75, 3.05) is 6.54 Å². The summed E-state index contributed by atoms with van der Waals surface area (Å²) >= 11 is 5.65. The van der Waals surface area contributed by atoms with Crippen molar-refractivity contribution in [3.63, 3.8) is 0 Å². The quantitative estimate of drug-likeness (QED) is 0.676. The van der Waals surface area contributed by atoms with Gasteiger partial charge in [0.15, 0.2) is 5.11 Å². The molecular formula is C22H25N5S. The van der Waals surface area contributed by atoms with E-state index in [0.717, 1.165) is 34.4 Å². The van der Waals surface area contributed by atoms with Crippen molar-refractivity contribution in [3.05, 3.63) is 77.0 Å². The number of aromatic nitrogens is 3. The summed E-state index contributed by atoms with van der Waals surface area (Å²) in [4.78, 5) is 11.5. The van der Waals surface area contributed by atoms with E-state index in [1.165, 1.54) is 11.3 Å². The molecule has 2 atom stereocenters. The topological polar surface area (TPSA) is 46.0 Å². The van der Waals surface area contributed by atoms with Gasteiger partial charge >= 0.3 is 0 Å². The van der Waals surface area contributed by atoms with Gasteiger partial charge in [0, 0.05) is 30.3 Å². The summed E-state index contributed by atoms with van der Waals surface area (Å²) in [5.41, 5.74) is 5.76. The number of hydrogen-bond acceptors (Lipinski definition) is 3. The van der Waals surface area contributed by atoms with Crippen LogP contribution in [-0.2, 0) is 0 Å². The Bertz CT molecular complexity index is 994. The van der Waals surface area contributed by atoms with E-state index in [-0.39, 0.29) is 12.1 Å². The largest absolute Gasteiger partial charge is 0.352 e. The fourth-order valence-electron chi connectivity index (χ4n) is 4.12. The number of thiocarbonyl (C=S) groups is 1. The predicted molar refractivity (Wildman–Crippen MR) is 116 cm³/mol. The molecule has 0 bridgehead atoms. The highest BCUT2D eigenvalue weighted by Gasteiger charge is 2.40. The molecule has 3 aromatic rings. The van der Waals surface area contributed by atoms with Crippen LogP contribution in [0.5, 0.6) is 0 Å². The third kappa shape index (κ3) is 3.07. The smallest absolute Gasteiger partial charge is 0.170 e. The summed E-state index contributed by atoms with van der Waals surface area (Å²) in [5, 5.41) is 4.27. The molecule has 144 valence electrons. The van der Waals surface area contributed by atoms with Gasteiger partial charge in [0.2, 0.25) is 0 Å². The number of pyridine rings is 2. The minimum atomic E-state index is 0.0218. The maximum atomic E-state index is 5.65. The number of likely N-dealkylation sites (N-methyl/N-ethyl adjacent to an activating group) is 1. The maximum absolute atomic E-state index is 5.65. The van der Waals surface area contributed by atoms with Crippen molar-refractivity contribution >= 4 is 17.3 Å². The van der Waals surface area contributed by atoms with Crippen LogP contribution >= 0.6 is 12.2 Å². The van der Waals surface area contributed by atoms with Crippen molar-refractivity contribution in [3.8, 4) is 5.82 Å². The fourth-order valence-corrected chi connectivity index (χ4v) is 4.49. The zero-order valence-electron chi connectivity index (χ0n) is 16.7. The first kappa shape index (κ1) is 18.6. The molecule has 1 saturated heterocycles. The second-order valence-electron chi connectivity index (χ2n) is 7.27. The summed E-state index contributed by atoms with van der Waals surface area (Å²) in [6.07, 6.45) is 3.75. The highest BCUT2D eigenvalue weighted by atomic mass is 32.1. The van der Waals surface area contributed by atoms with Crippen LogP contribution in [0.3, 0.4) is 0 Å². The Morgan fingerprint density at radius 2 is 1.93 bits per heavy atom. The molecule has 1 aliphatic rings. The molecule has 1 aliphatic heterocycles. The number of rotatable bonds is 4. The Kier molecular flexibility index (Phi) is 4.89. The number of nitrogens with one attached hydrogen (secondary N) is 1. The average Bonchev–Trinajstić information content (AvgIpc) is 3.18. The molecular weight excluding hydrogens is 366 g/mol. The molecule has 0 aliphatic carbocycles. The van der Waals surface area contributed by atoms with Crippen LogP contribution in [0, 0.1) is 20.8 Å². The monoisotopic (exact) mass is 391 g/mol. The molecule has 0 spiro atoms. The molecule has 5 nitrogen and oxygen atoms in total. The number of nitrogens with zero attached hydrogens (tertiary/aromatic N) is 4. The van der Waals surface area contributed by atoms with Crippen molar-refractivity contribution in [2.45, 2.75) is 39.8 Å². The maximum Gasteiger partial charge on any atom is 0.170 e. The highest BCUT2D eigenvalue weighted by molar-refractivity contribution is 7.80. The zero-order chi connectivity index (χ0) is 19.8. The Hall–Kier alpha value is -2.73. The molecule has 0 saturated carbocycles. The molecule has 4 heterocycles. The fraction of sp³-hybridized carbons (Fsp3) is 0.318. The van der Waals surface area contributed by atoms with E-state index in [1.54, 1.807) is 0 Å². The van der Waals surface area contributed by atoms with Gasteiger partial charge in [0.25, 0.3) is 0 Å². The van der Waals surface area contributed by atoms with Gasteiger partial charge < -0.3 is 14.8 Å². The van der Waals surface area contributed by atoms with Crippen molar-refractivity contribution in [2.24, 2.45) is 0 Å². The van der Waals surface area contributed by atoms with E-state index in [2.05, 4.69) is 76.7 Å². The summed E-state index contributed by atoms with van der Waals surface area (Å²) in [6.45, 7) is 9.33. The van der Waals surface area contributed by atoms with E-state index < -0.39 is 0 Å². The van der Waals surface area contributed by atoms with E-state index >= 15 is 0 Å². The Balaban J connectivity index is 1.82. The van der Waals surface area contributed by atoms with Crippen LogP contribution in [0.15, 0.2) is 48.8 Å². The van der Waals surface area contributed by atoms with E-state index in [4.69, 9.17) is 12.2 Å². The molecule has 3 aromatic heterocycles. The van der Waals surface area contributed by atoms with Gasteiger partial charge in [-0.3, -0.25) is 4.98 Å². The third-order valence-electron chi connectivity index (χ3n) is 5.45. The lowest BCUT2D eigenvalue weighted by molar-refractivity contribution is 0.329. The molecule has 2 unspecified atom stereocenters. The van der Waals surface area contributed by atoms with Gasteiger partial charge in [-0.25, -0.2) is 4.98 Å². The average molecular weight is 392 g/mol. The van der Waals surface area contributed by atoms with Crippen LogP contribution in [0.2, 0.25) is 0 Å². The molecule has 0 amide bonds. The second-order valence-corrected chi connectivity index (χ2v) is 7.65. The van der Waals surface area contributed by atoms with Gasteiger partial charge in [-0.2, -0.15) is 0 Å². The molecule has 1 N–H and O–H groups in total. The lowest BCUT2D eigenvalue weighted by Gasteiger charge is -2.27. The van der Waals surface area contributed by atoms with Crippen LogP contribution in [0.25, 0.3) is 5.82 Å². The molecule has 28 heavy (non-hydrogen) atoms. The Morgan fingerprint density at radius 1 is 1.11 bits per heavy atom. The lowest BCUT2D eigenvalue weighted by atomic mass is 9.97. The van der Waals surface area contributed by atoms with Gasteiger partial charge in [0.1, 0.15) is 5.82 Å². The minimum Gasteiger partial charge on any atom is -0.352 e. The van der Waals surface area contributed by atoms with E-state index in [9.17, 15) is 0 Å². The third-order valence-corrected chi connectivity index (χ3v) is 5.80. The second kappa shape index (κ2) is 7.36. The first-order valence-corrected chi connectivity index (χ1v) is 10.0. The van der Waals surface area contributed by atoms with E-state index in [0.29, 0.717) is 0 Å². The molecule has 4 rings (SSSR count). The first-order chi connectivity index (χ1) is 13.5. The van der Waals surface area contributed by atoms with E-state index in [1.807, 2.05) is 24.5 Å². The SMILES string of the molecule is CCN1C(=S)NC(c2ccccn2)C1c1cc(C)n(-c2ccc(C)cn2)c1C. The summed E-state index contributed by atoms with van der Waals surface area (Å²) < 4.78 is 2.22. The van der Waals surface area contributed by atoms with Gasteiger partial charge in [-0.05, 0) is 75.3 Å². The normalized spacial score (nSPS) is 19.1. The van der Waals surface area contributed by atoms with Gasteiger partial charge in [0.05, 0.1) is 17.8 Å². The minimum absolute atomic E-state index is 0.0218. The van der Waals surface area contributed by atoms with Crippen LogP contribution in [0.1, 0.15) is 47.2 Å². The summed E-state index contributed by atoms with van der Waals surface area (Å²) in [5.74, 6) is 0.942. The Morgan fingerprint density at radius 3 is 2.57 bits per heavy atom. The van der Waals surface area contributed by atoms with Crippen LogP contribution in [-0.4, -0.2) is 31.1 Å². The van der Waals surface area contributed by atoms with Gasteiger partial charge in [-0.15, -0.1) is 0 Å². The number of aryl methyl sites for hydroxylation is 2. The lowest BCUT2D eigenvalue weighted by Crippen LogP contribution is -2.29. The van der Waals surface area contributed by atoms with Crippen molar-refractivity contribution < 1.29 is 0 Å². The predicted octanol–water partition coefficient (Wildman–Crippen LogP) is 4.18. The van der Waals surface area contributed by atoms with Crippen LogP contribution in [0.4, 0.5) is 0 Å².